The first kappa shape index (κ1) is 18.6. The summed E-state index contributed by atoms with van der Waals surface area (Å²) in [5, 5.41) is 3.98. The minimum atomic E-state index is -4.36. The predicted octanol–water partition coefficient (Wildman–Crippen LogP) is 3.15. The zero-order chi connectivity index (χ0) is 18.6. The first-order valence-electron chi connectivity index (χ1n) is 8.77. The van der Waals surface area contributed by atoms with Crippen LogP contribution in [-0.2, 0) is 19.1 Å². The maximum Gasteiger partial charge on any atom is 0.417 e. The van der Waals surface area contributed by atoms with Gasteiger partial charge in [-0.15, -0.1) is 0 Å². The molecule has 1 aliphatic heterocycles. The van der Waals surface area contributed by atoms with Crippen molar-refractivity contribution in [3.63, 3.8) is 0 Å². The summed E-state index contributed by atoms with van der Waals surface area (Å²) in [5.41, 5.74) is -0.727. The number of alkyl halides is 3. The van der Waals surface area contributed by atoms with E-state index >= 15 is 0 Å². The summed E-state index contributed by atoms with van der Waals surface area (Å²) in [6.45, 7) is 5.61. The van der Waals surface area contributed by atoms with Crippen LogP contribution in [0.4, 0.5) is 19.0 Å². The number of nitrogens with zero attached hydrogens (tertiary/aromatic N) is 5. The van der Waals surface area contributed by atoms with E-state index in [0.717, 1.165) is 50.4 Å². The van der Waals surface area contributed by atoms with Crippen molar-refractivity contribution in [3.05, 3.63) is 35.6 Å². The minimum Gasteiger partial charge on any atom is -0.354 e. The van der Waals surface area contributed by atoms with Crippen LogP contribution in [0.1, 0.15) is 37.0 Å². The van der Waals surface area contributed by atoms with Crippen molar-refractivity contribution in [1.29, 1.82) is 0 Å². The molecule has 0 aliphatic carbocycles. The molecule has 1 saturated heterocycles. The Morgan fingerprint density at radius 3 is 2.54 bits per heavy atom. The summed E-state index contributed by atoms with van der Waals surface area (Å²) < 4.78 is 43.1. The molecule has 0 radical (unpaired) electrons. The largest absolute Gasteiger partial charge is 0.417 e. The van der Waals surface area contributed by atoms with E-state index < -0.39 is 11.7 Å². The quantitative estimate of drug-likeness (QED) is 0.780. The van der Waals surface area contributed by atoms with Gasteiger partial charge in [0, 0.05) is 38.8 Å². The van der Waals surface area contributed by atoms with Gasteiger partial charge in [0.05, 0.1) is 12.1 Å². The van der Waals surface area contributed by atoms with E-state index in [1.807, 2.05) is 4.90 Å². The van der Waals surface area contributed by atoms with Crippen LogP contribution in [0.3, 0.4) is 0 Å². The Balaban J connectivity index is 1.50. The summed E-state index contributed by atoms with van der Waals surface area (Å²) in [7, 11) is 0. The fourth-order valence-corrected chi connectivity index (χ4v) is 2.86. The zero-order valence-electron chi connectivity index (χ0n) is 14.7. The minimum absolute atomic E-state index is 0.567. The summed E-state index contributed by atoms with van der Waals surface area (Å²) in [4.78, 5) is 12.5. The summed E-state index contributed by atoms with van der Waals surface area (Å²) >= 11 is 0. The molecule has 0 saturated carbocycles. The van der Waals surface area contributed by atoms with Gasteiger partial charge >= 0.3 is 6.18 Å². The lowest BCUT2D eigenvalue weighted by atomic mass is 10.2. The lowest BCUT2D eigenvalue weighted by molar-refractivity contribution is -0.137. The van der Waals surface area contributed by atoms with Crippen molar-refractivity contribution >= 4 is 5.82 Å². The molecule has 0 spiro atoms. The van der Waals surface area contributed by atoms with Crippen molar-refractivity contribution in [1.82, 2.24) is 20.0 Å². The summed E-state index contributed by atoms with van der Waals surface area (Å²) in [6.07, 6.45) is -0.517. The zero-order valence-corrected chi connectivity index (χ0v) is 14.7. The summed E-state index contributed by atoms with van der Waals surface area (Å²) in [5.74, 6) is 1.92. The van der Waals surface area contributed by atoms with Gasteiger partial charge in [0.15, 0.2) is 5.82 Å². The van der Waals surface area contributed by atoms with E-state index in [2.05, 4.69) is 26.9 Å². The second-order valence-corrected chi connectivity index (χ2v) is 6.37. The maximum absolute atomic E-state index is 12.6. The van der Waals surface area contributed by atoms with Crippen LogP contribution in [0.15, 0.2) is 22.9 Å². The molecular formula is C17H22F3N5O. The highest BCUT2D eigenvalue weighted by Crippen LogP contribution is 2.29. The molecule has 0 atom stereocenters. The van der Waals surface area contributed by atoms with Crippen molar-refractivity contribution in [3.8, 4) is 0 Å². The highest BCUT2D eigenvalue weighted by Gasteiger charge is 2.31. The number of hydrogen-bond donors (Lipinski definition) is 0. The maximum atomic E-state index is 12.6. The molecule has 3 heterocycles. The van der Waals surface area contributed by atoms with Gasteiger partial charge in [-0.1, -0.05) is 18.5 Å². The number of halogens is 3. The van der Waals surface area contributed by atoms with Crippen molar-refractivity contribution < 1.29 is 17.7 Å². The third kappa shape index (κ3) is 4.72. The topological polar surface area (TPSA) is 58.3 Å². The number of hydrogen-bond acceptors (Lipinski definition) is 6. The van der Waals surface area contributed by atoms with Gasteiger partial charge in [-0.2, -0.15) is 18.2 Å². The normalized spacial score (nSPS) is 16.2. The van der Waals surface area contributed by atoms with Crippen LogP contribution in [-0.4, -0.2) is 46.2 Å². The van der Waals surface area contributed by atoms with Gasteiger partial charge in [0.2, 0.25) is 5.89 Å². The van der Waals surface area contributed by atoms with Crippen LogP contribution < -0.4 is 4.90 Å². The highest BCUT2D eigenvalue weighted by atomic mass is 19.4. The number of piperazine rings is 1. The third-order valence-corrected chi connectivity index (χ3v) is 4.39. The average molecular weight is 369 g/mol. The van der Waals surface area contributed by atoms with Crippen LogP contribution >= 0.6 is 0 Å². The van der Waals surface area contributed by atoms with Crippen LogP contribution in [0, 0.1) is 0 Å². The molecule has 0 bridgehead atoms. The lowest BCUT2D eigenvalue weighted by Crippen LogP contribution is -2.46. The van der Waals surface area contributed by atoms with E-state index in [-0.39, 0.29) is 0 Å². The Kier molecular flexibility index (Phi) is 5.75. The molecule has 142 valence electrons. The molecule has 2 aromatic heterocycles. The fraction of sp³-hybridized carbons (Fsp3) is 0.588. The molecule has 3 rings (SSSR count). The Morgan fingerprint density at radius 2 is 1.92 bits per heavy atom. The molecule has 1 aliphatic rings. The van der Waals surface area contributed by atoms with E-state index in [4.69, 9.17) is 4.52 Å². The number of aromatic nitrogens is 3. The number of anilines is 1. The second-order valence-electron chi connectivity index (χ2n) is 6.37. The highest BCUT2D eigenvalue weighted by molar-refractivity contribution is 5.40. The summed E-state index contributed by atoms with van der Waals surface area (Å²) in [6, 6.07) is 2.50. The Hall–Kier alpha value is -2.16. The number of rotatable bonds is 6. The van der Waals surface area contributed by atoms with Gasteiger partial charge in [-0.25, -0.2) is 4.98 Å². The Bertz CT molecular complexity index is 693. The molecule has 26 heavy (non-hydrogen) atoms. The van der Waals surface area contributed by atoms with Crippen LogP contribution in [0.25, 0.3) is 0 Å². The smallest absolute Gasteiger partial charge is 0.354 e. The van der Waals surface area contributed by atoms with Gasteiger partial charge in [0.25, 0.3) is 0 Å². The van der Waals surface area contributed by atoms with Crippen LogP contribution in [0.5, 0.6) is 0 Å². The van der Waals surface area contributed by atoms with Crippen molar-refractivity contribution in [2.75, 3.05) is 31.1 Å². The molecule has 9 heteroatoms. The second kappa shape index (κ2) is 8.03. The SMILES string of the molecule is CCCCc1noc(CN2CCN(c3ccc(C(F)(F)F)cn3)CC2)n1. The fourth-order valence-electron chi connectivity index (χ4n) is 2.86. The third-order valence-electron chi connectivity index (χ3n) is 4.39. The van der Waals surface area contributed by atoms with Gasteiger partial charge < -0.3 is 9.42 Å². The van der Waals surface area contributed by atoms with E-state index in [9.17, 15) is 13.2 Å². The van der Waals surface area contributed by atoms with Gasteiger partial charge in [0.1, 0.15) is 5.82 Å². The Morgan fingerprint density at radius 1 is 1.15 bits per heavy atom. The molecule has 6 nitrogen and oxygen atoms in total. The van der Waals surface area contributed by atoms with Gasteiger partial charge in [-0.3, -0.25) is 4.90 Å². The number of aryl methyl sites for hydroxylation is 1. The molecule has 2 aromatic rings. The molecule has 0 amide bonds. The van der Waals surface area contributed by atoms with Gasteiger partial charge in [-0.05, 0) is 18.6 Å². The lowest BCUT2D eigenvalue weighted by Gasteiger charge is -2.34. The molecule has 1 fully saturated rings. The van der Waals surface area contributed by atoms with Crippen LogP contribution in [0.2, 0.25) is 0 Å². The molecule has 0 unspecified atom stereocenters. The number of pyridine rings is 1. The molecule has 0 aromatic carbocycles. The first-order valence-corrected chi connectivity index (χ1v) is 8.77. The predicted molar refractivity (Wildman–Crippen MR) is 89.6 cm³/mol. The number of unbranched alkanes of at least 4 members (excludes halogenated alkanes) is 1. The monoisotopic (exact) mass is 369 g/mol. The average Bonchev–Trinajstić information content (AvgIpc) is 3.07. The van der Waals surface area contributed by atoms with Crippen molar-refractivity contribution in [2.24, 2.45) is 0 Å². The first-order chi connectivity index (χ1) is 12.5. The Labute approximate surface area is 150 Å². The standard InChI is InChI=1S/C17H22F3N5O/c1-2-3-4-14-22-16(26-23-14)12-24-7-9-25(10-8-24)15-6-5-13(11-21-15)17(18,19)20/h5-6,11H,2-4,7-10,12H2,1H3. The molecular weight excluding hydrogens is 347 g/mol. The molecule has 0 N–H and O–H groups in total. The van der Waals surface area contributed by atoms with Crippen molar-refractivity contribution in [2.45, 2.75) is 38.9 Å². The van der Waals surface area contributed by atoms with E-state index in [1.54, 1.807) is 0 Å². The van der Waals surface area contributed by atoms with E-state index in [0.29, 0.717) is 31.3 Å². The van der Waals surface area contributed by atoms with E-state index in [1.165, 1.54) is 6.07 Å².